The topological polar surface area (TPSA) is 22.8 Å². The molecule has 0 atom stereocenters. The quantitative estimate of drug-likeness (QED) is 0.225. The van der Waals surface area contributed by atoms with E-state index in [1.165, 1.54) is 42.0 Å². The molecule has 0 saturated heterocycles. The standard InChI is InChI=1S/C35H21N3S/c1-2-10-22(11-3-1)37-28-15-8-16-29(32(28)33-30(37)17-9-21-36-33)38-27-14-6-4-12-23(27)25-19-20-26-24-13-5-7-18-31(24)39-35(26)34(25)38/h1-21H. The van der Waals surface area contributed by atoms with Crippen LogP contribution in [0.3, 0.4) is 0 Å². The molecule has 182 valence electrons. The highest BCUT2D eigenvalue weighted by atomic mass is 32.1. The largest absolute Gasteiger partial charge is 0.308 e. The van der Waals surface area contributed by atoms with Crippen molar-refractivity contribution in [1.29, 1.82) is 0 Å². The number of hydrogen-bond acceptors (Lipinski definition) is 2. The van der Waals surface area contributed by atoms with Gasteiger partial charge in [0.25, 0.3) is 0 Å². The third-order valence-corrected chi connectivity index (χ3v) is 9.15. The van der Waals surface area contributed by atoms with Crippen LogP contribution in [-0.4, -0.2) is 14.1 Å². The van der Waals surface area contributed by atoms with Crippen LogP contribution < -0.4 is 0 Å². The second-order valence-corrected chi connectivity index (χ2v) is 11.1. The summed E-state index contributed by atoms with van der Waals surface area (Å²) in [4.78, 5) is 4.95. The molecule has 5 aromatic carbocycles. The van der Waals surface area contributed by atoms with Gasteiger partial charge in [-0.3, -0.25) is 4.98 Å². The molecule has 0 aliphatic rings. The lowest BCUT2D eigenvalue weighted by molar-refractivity contribution is 1.17. The van der Waals surface area contributed by atoms with Gasteiger partial charge in [-0.25, -0.2) is 0 Å². The summed E-state index contributed by atoms with van der Waals surface area (Å²) in [5, 5.41) is 6.34. The fraction of sp³-hybridized carbons (Fsp3) is 0. The predicted molar refractivity (Wildman–Crippen MR) is 166 cm³/mol. The Morgan fingerprint density at radius 1 is 0.513 bits per heavy atom. The zero-order valence-corrected chi connectivity index (χ0v) is 21.7. The summed E-state index contributed by atoms with van der Waals surface area (Å²) < 4.78 is 7.46. The van der Waals surface area contributed by atoms with Crippen molar-refractivity contribution in [3.8, 4) is 11.4 Å². The number of rotatable bonds is 2. The van der Waals surface area contributed by atoms with Crippen molar-refractivity contribution in [3.05, 3.63) is 128 Å². The maximum Gasteiger partial charge on any atom is 0.0984 e. The van der Waals surface area contributed by atoms with E-state index in [-0.39, 0.29) is 0 Å². The molecule has 4 heterocycles. The average Bonchev–Trinajstić information content (AvgIpc) is 3.65. The molecular formula is C35H21N3S. The molecule has 0 saturated carbocycles. The molecule has 3 nitrogen and oxygen atoms in total. The van der Waals surface area contributed by atoms with Gasteiger partial charge < -0.3 is 9.13 Å². The van der Waals surface area contributed by atoms with E-state index in [0.29, 0.717) is 0 Å². The lowest BCUT2D eigenvalue weighted by Crippen LogP contribution is -1.96. The average molecular weight is 516 g/mol. The van der Waals surface area contributed by atoms with Crippen LogP contribution in [-0.2, 0) is 0 Å². The number of para-hydroxylation sites is 2. The summed E-state index contributed by atoms with van der Waals surface area (Å²) >= 11 is 1.88. The number of aromatic nitrogens is 3. The van der Waals surface area contributed by atoms with Crippen molar-refractivity contribution in [2.75, 3.05) is 0 Å². The third-order valence-electron chi connectivity index (χ3n) is 7.96. The van der Waals surface area contributed by atoms with E-state index in [0.717, 1.165) is 33.3 Å². The molecule has 0 amide bonds. The molecule has 0 N–H and O–H groups in total. The predicted octanol–water partition coefficient (Wildman–Crippen LogP) is 9.64. The lowest BCUT2D eigenvalue weighted by atomic mass is 10.1. The Hall–Kier alpha value is -4.93. The van der Waals surface area contributed by atoms with E-state index in [1.807, 2.05) is 23.6 Å². The second-order valence-electron chi connectivity index (χ2n) is 10.0. The number of thiophene rings is 1. The Balaban J connectivity index is 1.52. The summed E-state index contributed by atoms with van der Waals surface area (Å²) in [5.74, 6) is 0. The first-order valence-electron chi connectivity index (χ1n) is 13.2. The van der Waals surface area contributed by atoms with Gasteiger partial charge in [-0.15, -0.1) is 11.3 Å². The van der Waals surface area contributed by atoms with Crippen molar-refractivity contribution in [1.82, 2.24) is 14.1 Å². The number of pyridine rings is 1. The van der Waals surface area contributed by atoms with Crippen LogP contribution in [0.5, 0.6) is 0 Å². The van der Waals surface area contributed by atoms with Crippen molar-refractivity contribution >= 4 is 75.3 Å². The molecule has 0 fully saturated rings. The maximum absolute atomic E-state index is 4.95. The molecule has 0 bridgehead atoms. The van der Waals surface area contributed by atoms with Gasteiger partial charge >= 0.3 is 0 Å². The van der Waals surface area contributed by atoms with Crippen LogP contribution in [0.25, 0.3) is 75.3 Å². The highest BCUT2D eigenvalue weighted by molar-refractivity contribution is 7.26. The highest BCUT2D eigenvalue weighted by Gasteiger charge is 2.22. The number of benzene rings is 5. The van der Waals surface area contributed by atoms with Crippen LogP contribution >= 0.6 is 11.3 Å². The van der Waals surface area contributed by atoms with Crippen molar-refractivity contribution in [2.45, 2.75) is 0 Å². The van der Waals surface area contributed by atoms with Crippen LogP contribution in [0, 0.1) is 0 Å². The first-order valence-corrected chi connectivity index (χ1v) is 14.0. The van der Waals surface area contributed by atoms with Crippen LogP contribution in [0.2, 0.25) is 0 Å². The molecule has 0 aliphatic heterocycles. The zero-order valence-electron chi connectivity index (χ0n) is 20.9. The van der Waals surface area contributed by atoms with E-state index in [1.54, 1.807) is 0 Å². The van der Waals surface area contributed by atoms with Gasteiger partial charge in [0.2, 0.25) is 0 Å². The minimum absolute atomic E-state index is 1.02. The summed E-state index contributed by atoms with van der Waals surface area (Å²) in [6, 6.07) is 43.6. The molecule has 0 aliphatic carbocycles. The van der Waals surface area contributed by atoms with Crippen LogP contribution in [0.4, 0.5) is 0 Å². The SMILES string of the molecule is c1ccc(-n2c3cccnc3c3c(-n4c5ccccc5c5ccc6c7ccccc7sc6c54)cccc32)cc1. The fourth-order valence-corrected chi connectivity index (χ4v) is 7.62. The number of hydrogen-bond donors (Lipinski definition) is 0. The molecule has 0 spiro atoms. The first-order chi connectivity index (χ1) is 19.4. The second kappa shape index (κ2) is 7.79. The molecule has 0 unspecified atom stereocenters. The normalized spacial score (nSPS) is 12.1. The van der Waals surface area contributed by atoms with Gasteiger partial charge in [0.15, 0.2) is 0 Å². The maximum atomic E-state index is 4.95. The van der Waals surface area contributed by atoms with Gasteiger partial charge in [0, 0.05) is 38.1 Å². The van der Waals surface area contributed by atoms with E-state index in [4.69, 9.17) is 4.98 Å². The Morgan fingerprint density at radius 2 is 1.26 bits per heavy atom. The molecule has 9 rings (SSSR count). The number of fused-ring (bicyclic) bond motifs is 10. The summed E-state index contributed by atoms with van der Waals surface area (Å²) in [6.45, 7) is 0. The van der Waals surface area contributed by atoms with Crippen molar-refractivity contribution in [3.63, 3.8) is 0 Å². The Bertz CT molecular complexity index is 2390. The molecule has 4 aromatic heterocycles. The van der Waals surface area contributed by atoms with Gasteiger partial charge in [0.05, 0.1) is 43.4 Å². The zero-order chi connectivity index (χ0) is 25.5. The molecular weight excluding hydrogens is 494 g/mol. The van der Waals surface area contributed by atoms with E-state index in [9.17, 15) is 0 Å². The molecule has 0 radical (unpaired) electrons. The van der Waals surface area contributed by atoms with E-state index < -0.39 is 0 Å². The fourth-order valence-electron chi connectivity index (χ4n) is 6.38. The minimum Gasteiger partial charge on any atom is -0.308 e. The molecule has 9 aromatic rings. The summed E-state index contributed by atoms with van der Waals surface area (Å²) in [5.41, 5.74) is 8.04. The van der Waals surface area contributed by atoms with Gasteiger partial charge in [0.1, 0.15) is 0 Å². The lowest BCUT2D eigenvalue weighted by Gasteiger charge is -2.11. The monoisotopic (exact) mass is 515 g/mol. The van der Waals surface area contributed by atoms with Gasteiger partial charge in [-0.1, -0.05) is 72.8 Å². The van der Waals surface area contributed by atoms with Crippen molar-refractivity contribution in [2.24, 2.45) is 0 Å². The summed E-state index contributed by atoms with van der Waals surface area (Å²) in [6.07, 6.45) is 1.91. The van der Waals surface area contributed by atoms with Crippen LogP contribution in [0.1, 0.15) is 0 Å². The Labute approximate surface area is 227 Å². The third kappa shape index (κ3) is 2.78. The molecule has 4 heteroatoms. The summed E-state index contributed by atoms with van der Waals surface area (Å²) in [7, 11) is 0. The van der Waals surface area contributed by atoms with Crippen molar-refractivity contribution < 1.29 is 0 Å². The van der Waals surface area contributed by atoms with Gasteiger partial charge in [-0.2, -0.15) is 0 Å². The smallest absolute Gasteiger partial charge is 0.0984 e. The molecule has 39 heavy (non-hydrogen) atoms. The minimum atomic E-state index is 1.02. The van der Waals surface area contributed by atoms with Crippen LogP contribution in [0.15, 0.2) is 128 Å². The Kier molecular flexibility index (Phi) is 4.21. The Morgan fingerprint density at radius 3 is 2.18 bits per heavy atom. The van der Waals surface area contributed by atoms with E-state index in [2.05, 4.69) is 124 Å². The van der Waals surface area contributed by atoms with Gasteiger partial charge in [-0.05, 0) is 48.5 Å². The highest BCUT2D eigenvalue weighted by Crippen LogP contribution is 2.44. The number of nitrogens with zero attached hydrogens (tertiary/aromatic N) is 3. The first kappa shape index (κ1) is 21.1. The van der Waals surface area contributed by atoms with E-state index >= 15 is 0 Å².